The molecule has 8 heteroatoms. The molecule has 2 heterocycles. The fourth-order valence-corrected chi connectivity index (χ4v) is 3.88. The molecule has 31 heavy (non-hydrogen) atoms. The third kappa shape index (κ3) is 3.39. The monoisotopic (exact) mass is 423 g/mol. The Labute approximate surface area is 174 Å². The first-order chi connectivity index (χ1) is 14.9. The molecule has 0 aliphatic heterocycles. The molecule has 0 fully saturated rings. The topological polar surface area (TPSA) is 70.7 Å². The number of hydrogen-bond acceptors (Lipinski definition) is 5. The predicted octanol–water partition coefficient (Wildman–Crippen LogP) is 6.38. The zero-order chi connectivity index (χ0) is 21.6. The molecule has 2 aromatic carbocycles. The van der Waals surface area contributed by atoms with Crippen molar-refractivity contribution >= 4 is 28.1 Å². The largest absolute Gasteiger partial charge is 0.452 e. The van der Waals surface area contributed by atoms with Gasteiger partial charge in [-0.3, -0.25) is 4.98 Å². The van der Waals surface area contributed by atoms with Crippen LogP contribution in [0.3, 0.4) is 0 Å². The number of halogens is 3. The minimum atomic E-state index is -4.40. The highest BCUT2D eigenvalue weighted by atomic mass is 19.4. The van der Waals surface area contributed by atoms with Crippen LogP contribution in [0.5, 0.6) is 0 Å². The molecule has 2 aromatic heterocycles. The standard InChI is InChI=1S/C23H16F3N3O2/c24-23(25,26)15-4-1-13(2-5-15)22-21(18-9-10-27-12-20(18)31-22)28-16-6-7-17-14(11-16)3-8-19(17)29-30/h1-2,4-7,9-12,28,30H,3,8H2. The van der Waals surface area contributed by atoms with Gasteiger partial charge < -0.3 is 14.9 Å². The van der Waals surface area contributed by atoms with E-state index in [4.69, 9.17) is 9.62 Å². The van der Waals surface area contributed by atoms with Crippen LogP contribution in [0.1, 0.15) is 23.1 Å². The van der Waals surface area contributed by atoms with Gasteiger partial charge in [0.1, 0.15) is 0 Å². The zero-order valence-electron chi connectivity index (χ0n) is 16.1. The van der Waals surface area contributed by atoms with Crippen molar-refractivity contribution in [1.29, 1.82) is 0 Å². The van der Waals surface area contributed by atoms with Crippen LogP contribution >= 0.6 is 0 Å². The second-order valence-electron chi connectivity index (χ2n) is 7.30. The first-order valence-corrected chi connectivity index (χ1v) is 9.59. The number of aromatic nitrogens is 1. The quantitative estimate of drug-likeness (QED) is 0.296. The van der Waals surface area contributed by atoms with E-state index in [0.29, 0.717) is 34.7 Å². The van der Waals surface area contributed by atoms with Crippen LogP contribution in [0, 0.1) is 0 Å². The van der Waals surface area contributed by atoms with Crippen LogP contribution in [0.2, 0.25) is 0 Å². The van der Waals surface area contributed by atoms with Crippen molar-refractivity contribution < 1.29 is 22.8 Å². The van der Waals surface area contributed by atoms with Gasteiger partial charge in [0.05, 0.1) is 23.2 Å². The summed E-state index contributed by atoms with van der Waals surface area (Å²) in [4.78, 5) is 4.07. The molecule has 0 spiro atoms. The second kappa shape index (κ2) is 7.16. The van der Waals surface area contributed by atoms with E-state index >= 15 is 0 Å². The molecule has 5 rings (SSSR count). The van der Waals surface area contributed by atoms with Crippen molar-refractivity contribution in [3.63, 3.8) is 0 Å². The number of pyridine rings is 1. The van der Waals surface area contributed by atoms with E-state index in [-0.39, 0.29) is 0 Å². The molecule has 0 unspecified atom stereocenters. The fraction of sp³-hybridized carbons (Fsp3) is 0.130. The number of furan rings is 1. The average molecular weight is 423 g/mol. The van der Waals surface area contributed by atoms with Crippen LogP contribution in [-0.2, 0) is 12.6 Å². The Hall–Kier alpha value is -3.81. The molecule has 0 amide bonds. The summed E-state index contributed by atoms with van der Waals surface area (Å²) in [5.41, 5.74) is 4.39. The fourth-order valence-electron chi connectivity index (χ4n) is 3.88. The Morgan fingerprint density at radius 2 is 1.84 bits per heavy atom. The smallest absolute Gasteiger partial charge is 0.416 e. The molecule has 0 saturated heterocycles. The highest BCUT2D eigenvalue weighted by Gasteiger charge is 2.30. The molecule has 1 aliphatic carbocycles. The molecular weight excluding hydrogens is 407 g/mol. The Morgan fingerprint density at radius 1 is 1.03 bits per heavy atom. The van der Waals surface area contributed by atoms with Crippen molar-refractivity contribution in [3.8, 4) is 11.3 Å². The zero-order valence-corrected chi connectivity index (χ0v) is 16.1. The van der Waals surface area contributed by atoms with Gasteiger partial charge in [-0.1, -0.05) is 23.4 Å². The van der Waals surface area contributed by atoms with Crippen LogP contribution in [0.4, 0.5) is 24.5 Å². The van der Waals surface area contributed by atoms with Gasteiger partial charge in [0, 0.05) is 28.4 Å². The molecule has 5 nitrogen and oxygen atoms in total. The second-order valence-corrected chi connectivity index (χ2v) is 7.30. The van der Waals surface area contributed by atoms with E-state index in [9.17, 15) is 13.2 Å². The third-order valence-electron chi connectivity index (χ3n) is 5.40. The van der Waals surface area contributed by atoms with Crippen molar-refractivity contribution in [2.24, 2.45) is 5.16 Å². The molecule has 1 aliphatic rings. The van der Waals surface area contributed by atoms with Gasteiger partial charge in [0.15, 0.2) is 11.3 Å². The summed E-state index contributed by atoms with van der Waals surface area (Å²) in [6.07, 6.45) is 0.240. The van der Waals surface area contributed by atoms with Gasteiger partial charge in [-0.2, -0.15) is 13.2 Å². The molecule has 0 radical (unpaired) electrons. The van der Waals surface area contributed by atoms with Crippen LogP contribution in [0.15, 0.2) is 70.5 Å². The number of oxime groups is 1. The average Bonchev–Trinajstić information content (AvgIpc) is 3.34. The van der Waals surface area contributed by atoms with E-state index in [0.717, 1.165) is 40.8 Å². The van der Waals surface area contributed by atoms with Gasteiger partial charge in [-0.25, -0.2) is 0 Å². The number of rotatable bonds is 3. The lowest BCUT2D eigenvalue weighted by Gasteiger charge is -2.10. The lowest BCUT2D eigenvalue weighted by Crippen LogP contribution is -2.04. The highest BCUT2D eigenvalue weighted by molar-refractivity contribution is 6.05. The Balaban J connectivity index is 1.57. The van der Waals surface area contributed by atoms with Gasteiger partial charge in [-0.05, 0) is 48.7 Å². The maximum absolute atomic E-state index is 13.0. The van der Waals surface area contributed by atoms with Crippen LogP contribution in [0.25, 0.3) is 22.3 Å². The summed E-state index contributed by atoms with van der Waals surface area (Å²) < 4.78 is 44.8. The minimum absolute atomic E-state index is 0.426. The first-order valence-electron chi connectivity index (χ1n) is 9.59. The number of benzene rings is 2. The van der Waals surface area contributed by atoms with E-state index in [1.54, 1.807) is 18.5 Å². The number of anilines is 2. The van der Waals surface area contributed by atoms with Crippen LogP contribution < -0.4 is 5.32 Å². The van der Waals surface area contributed by atoms with Gasteiger partial charge in [0.25, 0.3) is 0 Å². The summed E-state index contributed by atoms with van der Waals surface area (Å²) in [6, 6.07) is 12.4. The number of nitrogens with one attached hydrogen (secondary N) is 1. The Bertz CT molecular complexity index is 1310. The molecule has 156 valence electrons. The Morgan fingerprint density at radius 3 is 2.58 bits per heavy atom. The molecular formula is C23H16F3N3O2. The van der Waals surface area contributed by atoms with E-state index in [1.165, 1.54) is 12.1 Å². The van der Waals surface area contributed by atoms with Gasteiger partial charge >= 0.3 is 6.18 Å². The normalized spacial score (nSPS) is 14.9. The molecule has 0 saturated carbocycles. The van der Waals surface area contributed by atoms with Gasteiger partial charge in [-0.15, -0.1) is 0 Å². The summed E-state index contributed by atoms with van der Waals surface area (Å²) >= 11 is 0. The highest BCUT2D eigenvalue weighted by Crippen LogP contribution is 2.41. The molecule has 0 atom stereocenters. The van der Waals surface area contributed by atoms with Gasteiger partial charge in [0.2, 0.25) is 0 Å². The lowest BCUT2D eigenvalue weighted by atomic mass is 10.1. The van der Waals surface area contributed by atoms with Crippen molar-refractivity contribution in [3.05, 3.63) is 77.6 Å². The van der Waals surface area contributed by atoms with Crippen LogP contribution in [-0.4, -0.2) is 15.9 Å². The summed E-state index contributed by atoms with van der Waals surface area (Å²) in [6.45, 7) is 0. The summed E-state index contributed by atoms with van der Waals surface area (Å²) in [5, 5.41) is 16.6. The van der Waals surface area contributed by atoms with Crippen molar-refractivity contribution in [2.75, 3.05) is 5.32 Å². The number of hydrogen-bond donors (Lipinski definition) is 2. The Kier molecular flexibility index (Phi) is 4.43. The molecule has 0 bridgehead atoms. The summed E-state index contributed by atoms with van der Waals surface area (Å²) in [5.74, 6) is 0.426. The number of nitrogens with zero attached hydrogens (tertiary/aromatic N) is 2. The number of fused-ring (bicyclic) bond motifs is 2. The molecule has 4 aromatic rings. The number of alkyl halides is 3. The minimum Gasteiger partial charge on any atom is -0.452 e. The van der Waals surface area contributed by atoms with Crippen molar-refractivity contribution in [2.45, 2.75) is 19.0 Å². The van der Waals surface area contributed by atoms with E-state index in [1.807, 2.05) is 18.2 Å². The third-order valence-corrected chi connectivity index (χ3v) is 5.40. The van der Waals surface area contributed by atoms with E-state index < -0.39 is 11.7 Å². The number of aryl methyl sites for hydroxylation is 1. The maximum Gasteiger partial charge on any atom is 0.416 e. The SMILES string of the molecule is ON=C1CCc2cc(Nc3c(-c4ccc(C(F)(F)F)cc4)oc4cnccc34)ccc21. The predicted molar refractivity (Wildman–Crippen MR) is 111 cm³/mol. The summed E-state index contributed by atoms with van der Waals surface area (Å²) in [7, 11) is 0. The van der Waals surface area contributed by atoms with Crippen molar-refractivity contribution in [1.82, 2.24) is 4.98 Å². The first kappa shape index (κ1) is 19.2. The van der Waals surface area contributed by atoms with E-state index in [2.05, 4.69) is 15.5 Å². The lowest BCUT2D eigenvalue weighted by molar-refractivity contribution is -0.137. The maximum atomic E-state index is 13.0. The molecule has 2 N–H and O–H groups in total.